The first-order chi connectivity index (χ1) is 8.62. The molecule has 1 aliphatic heterocycles. The van der Waals surface area contributed by atoms with Gasteiger partial charge in [-0.15, -0.1) is 0 Å². The zero-order valence-electron chi connectivity index (χ0n) is 11.1. The van der Waals surface area contributed by atoms with E-state index in [0.29, 0.717) is 0 Å². The Kier molecular flexibility index (Phi) is 4.82. The van der Waals surface area contributed by atoms with Gasteiger partial charge in [0.25, 0.3) is 0 Å². The van der Waals surface area contributed by atoms with E-state index < -0.39 is 0 Å². The van der Waals surface area contributed by atoms with Crippen LogP contribution in [0.5, 0.6) is 0 Å². The monoisotopic (exact) mass is 312 g/mol. The Labute approximate surface area is 118 Å². The molecule has 1 atom stereocenters. The minimum Gasteiger partial charge on any atom is -0.353 e. The quantitative estimate of drug-likeness (QED) is 0.769. The van der Waals surface area contributed by atoms with Crippen molar-refractivity contribution >= 4 is 15.9 Å². The summed E-state index contributed by atoms with van der Waals surface area (Å²) in [6.45, 7) is 5.04. The van der Waals surface area contributed by atoms with E-state index in [0.717, 1.165) is 24.8 Å². The number of hydrogen-bond acceptors (Lipinski definition) is 2. The summed E-state index contributed by atoms with van der Waals surface area (Å²) in [4.78, 5) is 0. The van der Waals surface area contributed by atoms with Gasteiger partial charge in [-0.1, -0.05) is 40.2 Å². The third-order valence-electron chi connectivity index (χ3n) is 3.34. The number of alkyl halides is 1. The molecule has 0 saturated carbocycles. The SMILES string of the molecule is CC(C)(OC1CCCCO1)c1cccc(CBr)c1. The van der Waals surface area contributed by atoms with Crippen molar-refractivity contribution in [3.05, 3.63) is 35.4 Å². The topological polar surface area (TPSA) is 18.5 Å². The van der Waals surface area contributed by atoms with Crippen molar-refractivity contribution in [1.82, 2.24) is 0 Å². The van der Waals surface area contributed by atoms with Crippen LogP contribution in [0.4, 0.5) is 0 Å². The van der Waals surface area contributed by atoms with Crippen LogP contribution in [0.15, 0.2) is 24.3 Å². The first-order valence-corrected chi connectivity index (χ1v) is 7.69. The van der Waals surface area contributed by atoms with E-state index in [2.05, 4.69) is 54.0 Å². The van der Waals surface area contributed by atoms with Gasteiger partial charge in [-0.3, -0.25) is 0 Å². The largest absolute Gasteiger partial charge is 0.353 e. The maximum atomic E-state index is 6.13. The first-order valence-electron chi connectivity index (χ1n) is 6.56. The highest BCUT2D eigenvalue weighted by atomic mass is 79.9. The molecule has 3 heteroatoms. The Hall–Kier alpha value is -0.380. The Bertz CT molecular complexity index is 384. The van der Waals surface area contributed by atoms with Crippen molar-refractivity contribution in [3.8, 4) is 0 Å². The summed E-state index contributed by atoms with van der Waals surface area (Å²) in [7, 11) is 0. The van der Waals surface area contributed by atoms with E-state index in [4.69, 9.17) is 9.47 Å². The third kappa shape index (κ3) is 3.56. The number of ether oxygens (including phenoxy) is 2. The molecule has 1 fully saturated rings. The summed E-state index contributed by atoms with van der Waals surface area (Å²) in [6.07, 6.45) is 3.30. The predicted octanol–water partition coefficient (Wildman–Crippen LogP) is 4.36. The van der Waals surface area contributed by atoms with Crippen molar-refractivity contribution in [2.45, 2.75) is 50.3 Å². The minimum absolute atomic E-state index is 0.0543. The Morgan fingerprint density at radius 2 is 2.22 bits per heavy atom. The van der Waals surface area contributed by atoms with Crippen molar-refractivity contribution in [2.75, 3.05) is 6.61 Å². The van der Waals surface area contributed by atoms with Crippen LogP contribution in [0.25, 0.3) is 0 Å². The number of halogens is 1. The van der Waals surface area contributed by atoms with Gasteiger partial charge in [-0.25, -0.2) is 0 Å². The average molecular weight is 313 g/mol. The molecule has 1 aromatic rings. The molecule has 1 heterocycles. The highest BCUT2D eigenvalue weighted by Gasteiger charge is 2.27. The van der Waals surface area contributed by atoms with Gasteiger partial charge < -0.3 is 9.47 Å². The lowest BCUT2D eigenvalue weighted by molar-refractivity contribution is -0.219. The number of rotatable bonds is 4. The van der Waals surface area contributed by atoms with Crippen molar-refractivity contribution in [2.24, 2.45) is 0 Å². The van der Waals surface area contributed by atoms with E-state index in [1.54, 1.807) is 0 Å². The molecule has 1 aliphatic rings. The molecule has 18 heavy (non-hydrogen) atoms. The summed E-state index contributed by atoms with van der Waals surface area (Å²) in [5.74, 6) is 0. The van der Waals surface area contributed by atoms with E-state index in [-0.39, 0.29) is 11.9 Å². The van der Waals surface area contributed by atoms with E-state index in [9.17, 15) is 0 Å². The Morgan fingerprint density at radius 3 is 2.89 bits per heavy atom. The first kappa shape index (κ1) is 14.0. The van der Waals surface area contributed by atoms with Crippen LogP contribution in [0.2, 0.25) is 0 Å². The summed E-state index contributed by atoms with van der Waals surface area (Å²) in [5, 5.41) is 0.872. The molecule has 1 aromatic carbocycles. The second-order valence-electron chi connectivity index (χ2n) is 5.26. The summed E-state index contributed by atoms with van der Waals surface area (Å²) in [5.41, 5.74) is 2.17. The smallest absolute Gasteiger partial charge is 0.158 e. The molecule has 2 nitrogen and oxygen atoms in total. The van der Waals surface area contributed by atoms with Gasteiger partial charge in [0.15, 0.2) is 6.29 Å². The molecule has 1 saturated heterocycles. The molecular weight excluding hydrogens is 292 g/mol. The molecule has 0 N–H and O–H groups in total. The molecule has 0 aromatic heterocycles. The standard InChI is InChI=1S/C15H21BrO2/c1-15(2,18-14-8-3-4-9-17-14)13-7-5-6-12(10-13)11-16/h5-7,10,14H,3-4,8-9,11H2,1-2H3. The maximum absolute atomic E-state index is 6.13. The van der Waals surface area contributed by atoms with Gasteiger partial charge in [0.2, 0.25) is 0 Å². The zero-order valence-corrected chi connectivity index (χ0v) is 12.7. The lowest BCUT2D eigenvalue weighted by atomic mass is 9.96. The predicted molar refractivity (Wildman–Crippen MR) is 76.8 cm³/mol. The number of hydrogen-bond donors (Lipinski definition) is 0. The second-order valence-corrected chi connectivity index (χ2v) is 5.82. The van der Waals surface area contributed by atoms with Gasteiger partial charge in [0.1, 0.15) is 0 Å². The summed E-state index contributed by atoms with van der Waals surface area (Å²) >= 11 is 3.49. The van der Waals surface area contributed by atoms with Crippen molar-refractivity contribution < 1.29 is 9.47 Å². The zero-order chi connectivity index (χ0) is 13.0. The normalized spacial score (nSPS) is 20.9. The molecule has 0 amide bonds. The van der Waals surface area contributed by atoms with Crippen LogP contribution in [0.3, 0.4) is 0 Å². The van der Waals surface area contributed by atoms with Gasteiger partial charge in [-0.05, 0) is 44.2 Å². The lowest BCUT2D eigenvalue weighted by Crippen LogP contribution is -2.32. The average Bonchev–Trinajstić information content (AvgIpc) is 2.39. The molecule has 100 valence electrons. The van der Waals surface area contributed by atoms with E-state index >= 15 is 0 Å². The van der Waals surface area contributed by atoms with Gasteiger partial charge in [0, 0.05) is 11.9 Å². The van der Waals surface area contributed by atoms with Crippen LogP contribution in [-0.2, 0) is 20.4 Å². The highest BCUT2D eigenvalue weighted by molar-refractivity contribution is 9.08. The lowest BCUT2D eigenvalue weighted by Gasteiger charge is -2.33. The molecule has 0 aliphatic carbocycles. The minimum atomic E-state index is -0.305. The van der Waals surface area contributed by atoms with E-state index in [1.807, 2.05) is 0 Å². The molecular formula is C15H21BrO2. The summed E-state index contributed by atoms with van der Waals surface area (Å²) < 4.78 is 11.8. The van der Waals surface area contributed by atoms with Crippen molar-refractivity contribution in [1.29, 1.82) is 0 Å². The van der Waals surface area contributed by atoms with Gasteiger partial charge >= 0.3 is 0 Å². The Morgan fingerprint density at radius 1 is 1.39 bits per heavy atom. The van der Waals surface area contributed by atoms with Crippen molar-refractivity contribution in [3.63, 3.8) is 0 Å². The van der Waals surface area contributed by atoms with Gasteiger partial charge in [-0.2, -0.15) is 0 Å². The second kappa shape index (κ2) is 6.18. The van der Waals surface area contributed by atoms with Crippen LogP contribution in [0.1, 0.15) is 44.2 Å². The van der Waals surface area contributed by atoms with Crippen LogP contribution < -0.4 is 0 Å². The van der Waals surface area contributed by atoms with Crippen LogP contribution in [0, 0.1) is 0 Å². The fraction of sp³-hybridized carbons (Fsp3) is 0.600. The van der Waals surface area contributed by atoms with E-state index in [1.165, 1.54) is 17.5 Å². The molecule has 0 bridgehead atoms. The number of benzene rings is 1. The maximum Gasteiger partial charge on any atom is 0.158 e. The van der Waals surface area contributed by atoms with Gasteiger partial charge in [0.05, 0.1) is 5.60 Å². The van der Waals surface area contributed by atoms with Crippen LogP contribution >= 0.6 is 15.9 Å². The fourth-order valence-electron chi connectivity index (χ4n) is 2.23. The highest BCUT2D eigenvalue weighted by Crippen LogP contribution is 2.30. The molecule has 1 unspecified atom stereocenters. The molecule has 0 spiro atoms. The fourth-order valence-corrected chi connectivity index (χ4v) is 2.58. The Balaban J connectivity index is 2.08. The summed E-state index contributed by atoms with van der Waals surface area (Å²) in [6, 6.07) is 8.51. The molecule has 0 radical (unpaired) electrons. The third-order valence-corrected chi connectivity index (χ3v) is 3.99. The van der Waals surface area contributed by atoms with Crippen LogP contribution in [-0.4, -0.2) is 12.9 Å². The molecule has 2 rings (SSSR count).